The van der Waals surface area contributed by atoms with E-state index in [2.05, 4.69) is 5.32 Å². The molecule has 5 heteroatoms. The van der Waals surface area contributed by atoms with Gasteiger partial charge in [0.1, 0.15) is 11.5 Å². The van der Waals surface area contributed by atoms with Gasteiger partial charge < -0.3 is 19.2 Å². The van der Waals surface area contributed by atoms with Gasteiger partial charge in [-0.1, -0.05) is 6.07 Å². The smallest absolute Gasteiger partial charge is 0.255 e. The summed E-state index contributed by atoms with van der Waals surface area (Å²) in [5.41, 5.74) is 1.40. The van der Waals surface area contributed by atoms with Crippen LogP contribution in [0.5, 0.6) is 11.5 Å². The highest BCUT2D eigenvalue weighted by Crippen LogP contribution is 2.30. The number of methoxy groups -OCH3 is 2. The van der Waals surface area contributed by atoms with Crippen LogP contribution in [-0.4, -0.2) is 20.1 Å². The van der Waals surface area contributed by atoms with Crippen molar-refractivity contribution in [3.8, 4) is 11.5 Å². The number of benzene rings is 1. The fourth-order valence-corrected chi connectivity index (χ4v) is 2.20. The number of rotatable bonds is 5. The first-order valence-electron chi connectivity index (χ1n) is 6.62. The molecular weight excluding hydrogens is 270 g/mol. The predicted octanol–water partition coefficient (Wildman–Crippen LogP) is 2.84. The molecule has 1 amide bonds. The molecule has 0 radical (unpaired) electrons. The number of aryl methyl sites for hydroxylation is 2. The van der Waals surface area contributed by atoms with Gasteiger partial charge in [0.25, 0.3) is 5.91 Å². The molecule has 2 aromatic rings. The second-order valence-corrected chi connectivity index (χ2v) is 4.66. The summed E-state index contributed by atoms with van der Waals surface area (Å²) >= 11 is 0. The lowest BCUT2D eigenvalue weighted by Crippen LogP contribution is -2.23. The quantitative estimate of drug-likeness (QED) is 0.919. The van der Waals surface area contributed by atoms with Crippen molar-refractivity contribution < 1.29 is 18.7 Å². The van der Waals surface area contributed by atoms with Crippen molar-refractivity contribution in [3.05, 3.63) is 46.9 Å². The minimum Gasteiger partial charge on any atom is -0.493 e. The Labute approximate surface area is 123 Å². The number of hydrogen-bond acceptors (Lipinski definition) is 4. The van der Waals surface area contributed by atoms with Crippen molar-refractivity contribution in [1.29, 1.82) is 0 Å². The van der Waals surface area contributed by atoms with Crippen LogP contribution in [0.3, 0.4) is 0 Å². The first-order chi connectivity index (χ1) is 10.1. The lowest BCUT2D eigenvalue weighted by atomic mass is 10.1. The standard InChI is InChI=1S/C16H19NO4/c1-10-8-12(11(2)21-10)9-17-16(18)13-6-5-7-14(19-3)15(13)20-4/h5-8H,9H2,1-4H3,(H,17,18). The molecule has 21 heavy (non-hydrogen) atoms. The molecule has 1 N–H and O–H groups in total. The molecule has 0 saturated heterocycles. The van der Waals surface area contributed by atoms with Gasteiger partial charge in [-0.3, -0.25) is 4.79 Å². The Morgan fingerprint density at radius 3 is 2.57 bits per heavy atom. The summed E-state index contributed by atoms with van der Waals surface area (Å²) in [5.74, 6) is 2.38. The van der Waals surface area contributed by atoms with E-state index in [1.807, 2.05) is 19.9 Å². The van der Waals surface area contributed by atoms with Gasteiger partial charge >= 0.3 is 0 Å². The third-order valence-corrected chi connectivity index (χ3v) is 3.23. The molecule has 0 aliphatic rings. The minimum atomic E-state index is -0.219. The lowest BCUT2D eigenvalue weighted by molar-refractivity contribution is 0.0947. The normalized spacial score (nSPS) is 10.3. The SMILES string of the molecule is COc1cccc(C(=O)NCc2cc(C)oc2C)c1OC. The van der Waals surface area contributed by atoms with Gasteiger partial charge in [-0.15, -0.1) is 0 Å². The van der Waals surface area contributed by atoms with Crippen molar-refractivity contribution >= 4 is 5.91 Å². The van der Waals surface area contributed by atoms with E-state index in [0.717, 1.165) is 17.1 Å². The predicted molar refractivity (Wildman–Crippen MR) is 78.9 cm³/mol. The number of carbonyl (C=O) groups excluding carboxylic acids is 1. The maximum atomic E-state index is 12.3. The molecule has 0 bridgehead atoms. The van der Waals surface area contributed by atoms with E-state index in [1.54, 1.807) is 18.2 Å². The topological polar surface area (TPSA) is 60.7 Å². The van der Waals surface area contributed by atoms with Crippen LogP contribution in [0.15, 0.2) is 28.7 Å². The first kappa shape index (κ1) is 15.0. The minimum absolute atomic E-state index is 0.219. The summed E-state index contributed by atoms with van der Waals surface area (Å²) in [5, 5.41) is 2.86. The summed E-state index contributed by atoms with van der Waals surface area (Å²) in [6, 6.07) is 7.12. The van der Waals surface area contributed by atoms with E-state index in [9.17, 15) is 4.79 Å². The molecule has 0 saturated carbocycles. The number of para-hydroxylation sites is 1. The van der Waals surface area contributed by atoms with Crippen LogP contribution in [0.4, 0.5) is 0 Å². The van der Waals surface area contributed by atoms with Gasteiger partial charge in [0, 0.05) is 12.1 Å². The molecule has 0 atom stereocenters. The fraction of sp³-hybridized carbons (Fsp3) is 0.312. The monoisotopic (exact) mass is 289 g/mol. The lowest BCUT2D eigenvalue weighted by Gasteiger charge is -2.12. The largest absolute Gasteiger partial charge is 0.493 e. The Morgan fingerprint density at radius 2 is 2.00 bits per heavy atom. The second kappa shape index (κ2) is 6.35. The van der Waals surface area contributed by atoms with Gasteiger partial charge in [-0.2, -0.15) is 0 Å². The second-order valence-electron chi connectivity index (χ2n) is 4.66. The summed E-state index contributed by atoms with van der Waals surface area (Å²) < 4.78 is 15.9. The number of ether oxygens (including phenoxy) is 2. The van der Waals surface area contributed by atoms with Crippen molar-refractivity contribution in [2.45, 2.75) is 20.4 Å². The molecule has 0 aliphatic carbocycles. The molecule has 112 valence electrons. The van der Waals surface area contributed by atoms with E-state index in [-0.39, 0.29) is 5.91 Å². The van der Waals surface area contributed by atoms with Crippen LogP contribution in [0.1, 0.15) is 27.4 Å². The maximum Gasteiger partial charge on any atom is 0.255 e. The summed E-state index contributed by atoms with van der Waals surface area (Å²) in [6.07, 6.45) is 0. The van der Waals surface area contributed by atoms with Crippen molar-refractivity contribution in [1.82, 2.24) is 5.32 Å². The van der Waals surface area contributed by atoms with Gasteiger partial charge in [0.05, 0.1) is 19.8 Å². The highest BCUT2D eigenvalue weighted by atomic mass is 16.5. The zero-order chi connectivity index (χ0) is 15.4. The van der Waals surface area contributed by atoms with Crippen LogP contribution in [-0.2, 0) is 6.54 Å². The maximum absolute atomic E-state index is 12.3. The van der Waals surface area contributed by atoms with Gasteiger partial charge in [0.2, 0.25) is 0 Å². The summed E-state index contributed by atoms with van der Waals surface area (Å²) in [6.45, 7) is 4.16. The van der Waals surface area contributed by atoms with Gasteiger partial charge in [-0.05, 0) is 32.0 Å². The molecule has 2 rings (SSSR count). The molecule has 1 heterocycles. The van der Waals surface area contributed by atoms with Crippen LogP contribution in [0.25, 0.3) is 0 Å². The average molecular weight is 289 g/mol. The van der Waals surface area contributed by atoms with Crippen molar-refractivity contribution in [2.24, 2.45) is 0 Å². The number of hydrogen-bond donors (Lipinski definition) is 1. The zero-order valence-electron chi connectivity index (χ0n) is 12.6. The Balaban J connectivity index is 2.15. The fourth-order valence-electron chi connectivity index (χ4n) is 2.20. The molecule has 0 aliphatic heterocycles. The van der Waals surface area contributed by atoms with E-state index < -0.39 is 0 Å². The Bertz CT molecular complexity index is 646. The molecule has 5 nitrogen and oxygen atoms in total. The van der Waals surface area contributed by atoms with Crippen LogP contribution in [0, 0.1) is 13.8 Å². The average Bonchev–Trinajstić information content (AvgIpc) is 2.81. The van der Waals surface area contributed by atoms with Crippen LogP contribution >= 0.6 is 0 Å². The molecule has 0 spiro atoms. The highest BCUT2D eigenvalue weighted by Gasteiger charge is 2.16. The number of amides is 1. The third kappa shape index (κ3) is 3.18. The van der Waals surface area contributed by atoms with Crippen LogP contribution in [0.2, 0.25) is 0 Å². The molecule has 1 aromatic heterocycles. The molecular formula is C16H19NO4. The van der Waals surface area contributed by atoms with Gasteiger partial charge in [0.15, 0.2) is 11.5 Å². The molecule has 0 unspecified atom stereocenters. The third-order valence-electron chi connectivity index (χ3n) is 3.23. The van der Waals surface area contributed by atoms with E-state index in [0.29, 0.717) is 23.6 Å². The van der Waals surface area contributed by atoms with Crippen molar-refractivity contribution in [2.75, 3.05) is 14.2 Å². The summed E-state index contributed by atoms with van der Waals surface area (Å²) in [7, 11) is 3.05. The number of carbonyl (C=O) groups is 1. The Hall–Kier alpha value is -2.43. The van der Waals surface area contributed by atoms with Crippen LogP contribution < -0.4 is 14.8 Å². The number of nitrogens with one attached hydrogen (secondary N) is 1. The first-order valence-corrected chi connectivity index (χ1v) is 6.62. The van der Waals surface area contributed by atoms with Crippen molar-refractivity contribution in [3.63, 3.8) is 0 Å². The van der Waals surface area contributed by atoms with E-state index in [4.69, 9.17) is 13.9 Å². The van der Waals surface area contributed by atoms with E-state index in [1.165, 1.54) is 14.2 Å². The summed E-state index contributed by atoms with van der Waals surface area (Å²) in [4.78, 5) is 12.3. The Kier molecular flexibility index (Phi) is 4.52. The number of furan rings is 1. The zero-order valence-corrected chi connectivity index (χ0v) is 12.6. The molecule has 1 aromatic carbocycles. The Morgan fingerprint density at radius 1 is 1.24 bits per heavy atom. The highest BCUT2D eigenvalue weighted by molar-refractivity contribution is 5.97. The molecule has 0 fully saturated rings. The van der Waals surface area contributed by atoms with E-state index >= 15 is 0 Å². The van der Waals surface area contributed by atoms with Gasteiger partial charge in [-0.25, -0.2) is 0 Å².